The van der Waals surface area contributed by atoms with Gasteiger partial charge in [0.05, 0.1) is 7.11 Å². The molecule has 0 fully saturated rings. The zero-order valence-electron chi connectivity index (χ0n) is 15.9. The van der Waals surface area contributed by atoms with Gasteiger partial charge in [-0.05, 0) is 43.7 Å². The van der Waals surface area contributed by atoms with Crippen molar-refractivity contribution in [1.29, 1.82) is 0 Å². The lowest BCUT2D eigenvalue weighted by Crippen LogP contribution is -2.21. The number of pyridine rings is 1. The number of carbonyl (C=O) groups is 1. The van der Waals surface area contributed by atoms with Crippen LogP contribution in [0, 0.1) is 13.8 Å². The van der Waals surface area contributed by atoms with Crippen molar-refractivity contribution in [2.75, 3.05) is 12.4 Å². The molecule has 3 aromatic rings. The predicted octanol–water partition coefficient (Wildman–Crippen LogP) is 3.88. The molecular weight excluding hydrogens is 378 g/mol. The number of nitrogens with zero attached hydrogens (tertiary/aromatic N) is 2. The Morgan fingerprint density at radius 2 is 1.96 bits per heavy atom. The van der Waals surface area contributed by atoms with Gasteiger partial charge in [0.1, 0.15) is 0 Å². The fourth-order valence-corrected chi connectivity index (χ4v) is 3.20. The summed E-state index contributed by atoms with van der Waals surface area (Å²) < 4.78 is 7.11. The molecule has 2 N–H and O–H groups in total. The summed E-state index contributed by atoms with van der Waals surface area (Å²) in [6, 6.07) is 12.7. The molecule has 0 aliphatic heterocycles. The standard InChI is InChI=1S/C21H22ClN3O3/c1-13-10-18(14(2)25(13)12-15-4-6-16(22)7-5-15)20(26)21(27)24-17-8-9-23-19(11-17)28-3/h4-11,20,26H,12H2,1-3H3,(H,23,24,27). The Hall–Kier alpha value is -2.83. The topological polar surface area (TPSA) is 76.4 Å². The molecule has 2 heterocycles. The number of aromatic nitrogens is 2. The zero-order valence-corrected chi connectivity index (χ0v) is 16.7. The summed E-state index contributed by atoms with van der Waals surface area (Å²) in [5.74, 6) is -0.131. The van der Waals surface area contributed by atoms with Gasteiger partial charge >= 0.3 is 0 Å². The first kappa shape index (κ1) is 19.9. The van der Waals surface area contributed by atoms with Gasteiger partial charge in [-0.25, -0.2) is 4.98 Å². The number of benzene rings is 1. The van der Waals surface area contributed by atoms with E-state index in [0.717, 1.165) is 17.0 Å². The van der Waals surface area contributed by atoms with Crippen molar-refractivity contribution in [3.63, 3.8) is 0 Å². The number of halogens is 1. The van der Waals surface area contributed by atoms with Crippen molar-refractivity contribution in [3.8, 4) is 5.88 Å². The van der Waals surface area contributed by atoms with Crippen LogP contribution in [0.15, 0.2) is 48.7 Å². The molecule has 0 bridgehead atoms. The Morgan fingerprint density at radius 1 is 1.25 bits per heavy atom. The second-order valence-electron chi connectivity index (χ2n) is 6.52. The van der Waals surface area contributed by atoms with Crippen LogP contribution in [0.25, 0.3) is 0 Å². The molecule has 28 heavy (non-hydrogen) atoms. The SMILES string of the molecule is COc1cc(NC(=O)C(O)c2cc(C)n(Cc3ccc(Cl)cc3)c2C)ccn1. The van der Waals surface area contributed by atoms with Crippen LogP contribution in [0.1, 0.15) is 28.6 Å². The van der Waals surface area contributed by atoms with Crippen LogP contribution in [0.5, 0.6) is 5.88 Å². The van der Waals surface area contributed by atoms with E-state index in [9.17, 15) is 9.90 Å². The summed E-state index contributed by atoms with van der Waals surface area (Å²) in [4.78, 5) is 16.5. The van der Waals surface area contributed by atoms with Crippen molar-refractivity contribution < 1.29 is 14.6 Å². The smallest absolute Gasteiger partial charge is 0.257 e. The van der Waals surface area contributed by atoms with Crippen molar-refractivity contribution >= 4 is 23.2 Å². The Labute approximate surface area is 168 Å². The molecule has 1 atom stereocenters. The minimum absolute atomic E-state index is 0.383. The van der Waals surface area contributed by atoms with E-state index in [-0.39, 0.29) is 0 Å². The lowest BCUT2D eigenvalue weighted by molar-refractivity contribution is -0.124. The minimum Gasteiger partial charge on any atom is -0.481 e. The highest BCUT2D eigenvalue weighted by Crippen LogP contribution is 2.25. The Balaban J connectivity index is 1.78. The maximum Gasteiger partial charge on any atom is 0.257 e. The summed E-state index contributed by atoms with van der Waals surface area (Å²) in [6.45, 7) is 4.47. The Kier molecular flexibility index (Phi) is 6.02. The summed E-state index contributed by atoms with van der Waals surface area (Å²) >= 11 is 5.95. The molecule has 6 nitrogen and oxygen atoms in total. The summed E-state index contributed by atoms with van der Waals surface area (Å²) in [5, 5.41) is 14.0. The van der Waals surface area contributed by atoms with Crippen LogP contribution in [0.3, 0.4) is 0 Å². The largest absolute Gasteiger partial charge is 0.481 e. The van der Waals surface area contributed by atoms with E-state index >= 15 is 0 Å². The van der Waals surface area contributed by atoms with Crippen LogP contribution in [0.2, 0.25) is 5.02 Å². The van der Waals surface area contributed by atoms with E-state index in [2.05, 4.69) is 14.9 Å². The number of carbonyl (C=O) groups excluding carboxylic acids is 1. The second kappa shape index (κ2) is 8.46. The Bertz CT molecular complexity index is 983. The molecule has 0 aliphatic rings. The van der Waals surface area contributed by atoms with E-state index < -0.39 is 12.0 Å². The lowest BCUT2D eigenvalue weighted by Gasteiger charge is -2.14. The van der Waals surface area contributed by atoms with Crippen LogP contribution in [-0.4, -0.2) is 27.7 Å². The molecule has 3 rings (SSSR count). The van der Waals surface area contributed by atoms with Gasteiger partial charge in [0.25, 0.3) is 5.91 Å². The number of aliphatic hydroxyl groups excluding tert-OH is 1. The van der Waals surface area contributed by atoms with E-state index in [1.165, 1.54) is 13.3 Å². The third-order valence-electron chi connectivity index (χ3n) is 4.62. The molecule has 146 valence electrons. The van der Waals surface area contributed by atoms with Crippen molar-refractivity contribution in [1.82, 2.24) is 9.55 Å². The van der Waals surface area contributed by atoms with Crippen LogP contribution in [0.4, 0.5) is 5.69 Å². The van der Waals surface area contributed by atoms with E-state index in [1.54, 1.807) is 12.1 Å². The highest BCUT2D eigenvalue weighted by atomic mass is 35.5. The molecule has 7 heteroatoms. The molecule has 0 aliphatic carbocycles. The molecule has 0 saturated heterocycles. The molecule has 1 unspecified atom stereocenters. The highest BCUT2D eigenvalue weighted by Gasteiger charge is 2.23. The van der Waals surface area contributed by atoms with E-state index in [0.29, 0.717) is 28.7 Å². The van der Waals surface area contributed by atoms with E-state index in [1.807, 2.05) is 44.2 Å². The van der Waals surface area contributed by atoms with Crippen molar-refractivity contribution in [3.05, 3.63) is 76.2 Å². The maximum atomic E-state index is 12.5. The zero-order chi connectivity index (χ0) is 20.3. The number of ether oxygens (including phenoxy) is 1. The number of anilines is 1. The Morgan fingerprint density at radius 3 is 2.64 bits per heavy atom. The van der Waals surface area contributed by atoms with Gasteiger partial charge in [-0.1, -0.05) is 23.7 Å². The second-order valence-corrected chi connectivity index (χ2v) is 6.95. The highest BCUT2D eigenvalue weighted by molar-refractivity contribution is 6.30. The average molecular weight is 400 g/mol. The minimum atomic E-state index is -1.29. The predicted molar refractivity (Wildman–Crippen MR) is 109 cm³/mol. The summed E-state index contributed by atoms with van der Waals surface area (Å²) in [5.41, 5.74) is 3.96. The van der Waals surface area contributed by atoms with Crippen LogP contribution >= 0.6 is 11.6 Å². The van der Waals surface area contributed by atoms with Crippen molar-refractivity contribution in [2.24, 2.45) is 0 Å². The van der Waals surface area contributed by atoms with Gasteiger partial charge in [-0.15, -0.1) is 0 Å². The third kappa shape index (κ3) is 4.35. The van der Waals surface area contributed by atoms with Gasteiger partial charge in [0, 0.05) is 46.5 Å². The molecule has 1 amide bonds. The van der Waals surface area contributed by atoms with Gasteiger partial charge < -0.3 is 19.7 Å². The van der Waals surface area contributed by atoms with Crippen molar-refractivity contribution in [2.45, 2.75) is 26.5 Å². The maximum absolute atomic E-state index is 12.5. The molecule has 2 aromatic heterocycles. The number of methoxy groups -OCH3 is 1. The molecule has 0 saturated carbocycles. The number of nitrogens with one attached hydrogen (secondary N) is 1. The fraction of sp³-hybridized carbons (Fsp3) is 0.238. The summed E-state index contributed by atoms with van der Waals surface area (Å²) in [6.07, 6.45) is 0.239. The first-order valence-corrected chi connectivity index (χ1v) is 9.17. The van der Waals surface area contributed by atoms with Gasteiger partial charge in [-0.2, -0.15) is 0 Å². The van der Waals surface area contributed by atoms with Gasteiger partial charge in [0.2, 0.25) is 5.88 Å². The third-order valence-corrected chi connectivity index (χ3v) is 4.87. The number of amides is 1. The molecular formula is C21H22ClN3O3. The number of hydrogen-bond acceptors (Lipinski definition) is 4. The molecule has 0 spiro atoms. The first-order valence-electron chi connectivity index (χ1n) is 8.79. The van der Waals surface area contributed by atoms with Crippen LogP contribution in [-0.2, 0) is 11.3 Å². The normalized spacial score (nSPS) is 11.9. The number of hydrogen-bond donors (Lipinski definition) is 2. The van der Waals surface area contributed by atoms with Gasteiger partial charge in [-0.3, -0.25) is 4.79 Å². The average Bonchev–Trinajstić information content (AvgIpc) is 2.97. The molecule has 1 aromatic carbocycles. The lowest BCUT2D eigenvalue weighted by atomic mass is 10.1. The van der Waals surface area contributed by atoms with E-state index in [4.69, 9.17) is 16.3 Å². The summed E-state index contributed by atoms with van der Waals surface area (Å²) in [7, 11) is 1.50. The van der Waals surface area contributed by atoms with Crippen LogP contribution < -0.4 is 10.1 Å². The number of aliphatic hydroxyl groups is 1. The quantitative estimate of drug-likeness (QED) is 0.659. The molecule has 0 radical (unpaired) electrons. The number of rotatable bonds is 6. The monoisotopic (exact) mass is 399 g/mol. The number of aryl methyl sites for hydroxylation is 1. The van der Waals surface area contributed by atoms with Gasteiger partial charge in [0.15, 0.2) is 6.10 Å². The first-order chi connectivity index (χ1) is 13.4. The fourth-order valence-electron chi connectivity index (χ4n) is 3.07.